The highest BCUT2D eigenvalue weighted by Gasteiger charge is 2.22. The maximum absolute atomic E-state index is 12.6. The summed E-state index contributed by atoms with van der Waals surface area (Å²) in [5.74, 6) is 0.797. The minimum atomic E-state index is -0.132. The summed E-state index contributed by atoms with van der Waals surface area (Å²) in [6, 6.07) is 11.9. The van der Waals surface area contributed by atoms with Crippen LogP contribution in [0.15, 0.2) is 51.6 Å². The first-order valence-electron chi connectivity index (χ1n) is 8.23. The maximum Gasteiger partial charge on any atom is 0.349 e. The van der Waals surface area contributed by atoms with Gasteiger partial charge in [0, 0.05) is 26.9 Å². The maximum atomic E-state index is 12.6. The second-order valence-corrected chi connectivity index (χ2v) is 8.49. The van der Waals surface area contributed by atoms with Gasteiger partial charge in [-0.3, -0.25) is 4.57 Å². The molecular weight excluding hydrogens is 372 g/mol. The molecule has 0 radical (unpaired) electrons. The van der Waals surface area contributed by atoms with Crippen LogP contribution in [0.5, 0.6) is 0 Å². The first-order chi connectivity index (χ1) is 12.2. The average molecular weight is 389 g/mol. The molecule has 0 amide bonds. The molecular formula is C19H17ClN2OS2. The summed E-state index contributed by atoms with van der Waals surface area (Å²) < 4.78 is 1.86. The SMILES string of the molecule is O=c1nc(SCc2ccc(Cl)cc2)c2c(n1Cc1cccs1)CCC2. The molecule has 25 heavy (non-hydrogen) atoms. The van der Waals surface area contributed by atoms with Gasteiger partial charge in [-0.25, -0.2) is 4.79 Å². The van der Waals surface area contributed by atoms with E-state index in [4.69, 9.17) is 11.6 Å². The predicted molar refractivity (Wildman–Crippen MR) is 105 cm³/mol. The largest absolute Gasteiger partial charge is 0.349 e. The number of thiophene rings is 1. The first-order valence-corrected chi connectivity index (χ1v) is 10.5. The van der Waals surface area contributed by atoms with E-state index in [2.05, 4.69) is 11.1 Å². The van der Waals surface area contributed by atoms with Crippen molar-refractivity contribution in [2.75, 3.05) is 0 Å². The molecule has 6 heteroatoms. The Morgan fingerprint density at radius 3 is 2.80 bits per heavy atom. The molecule has 0 unspecified atom stereocenters. The minimum Gasteiger partial charge on any atom is -0.291 e. The van der Waals surface area contributed by atoms with E-state index in [1.165, 1.54) is 21.7 Å². The zero-order valence-electron chi connectivity index (χ0n) is 13.6. The van der Waals surface area contributed by atoms with E-state index in [1.807, 2.05) is 40.3 Å². The van der Waals surface area contributed by atoms with E-state index in [-0.39, 0.29) is 5.69 Å². The predicted octanol–water partition coefficient (Wildman–Crippen LogP) is 4.79. The molecule has 0 atom stereocenters. The van der Waals surface area contributed by atoms with Gasteiger partial charge in [-0.2, -0.15) is 4.98 Å². The lowest BCUT2D eigenvalue weighted by molar-refractivity contribution is 0.673. The Morgan fingerprint density at radius 1 is 1.20 bits per heavy atom. The minimum absolute atomic E-state index is 0.132. The van der Waals surface area contributed by atoms with Crippen molar-refractivity contribution in [3.05, 3.63) is 79.0 Å². The summed E-state index contributed by atoms with van der Waals surface area (Å²) in [5.41, 5.74) is 3.49. The lowest BCUT2D eigenvalue weighted by Crippen LogP contribution is -2.27. The number of thioether (sulfide) groups is 1. The highest BCUT2D eigenvalue weighted by atomic mass is 35.5. The van der Waals surface area contributed by atoms with Crippen molar-refractivity contribution in [3.63, 3.8) is 0 Å². The van der Waals surface area contributed by atoms with Crippen molar-refractivity contribution in [1.82, 2.24) is 9.55 Å². The van der Waals surface area contributed by atoms with Crippen LogP contribution in [-0.2, 0) is 25.1 Å². The van der Waals surface area contributed by atoms with Crippen LogP contribution in [0.4, 0.5) is 0 Å². The van der Waals surface area contributed by atoms with Gasteiger partial charge in [0.15, 0.2) is 0 Å². The summed E-state index contributed by atoms with van der Waals surface area (Å²) in [6.45, 7) is 0.633. The molecule has 0 saturated carbocycles. The number of fused-ring (bicyclic) bond motifs is 1. The van der Waals surface area contributed by atoms with E-state index >= 15 is 0 Å². The molecule has 0 bridgehead atoms. The lowest BCUT2D eigenvalue weighted by Gasteiger charge is -2.13. The zero-order valence-corrected chi connectivity index (χ0v) is 16.0. The van der Waals surface area contributed by atoms with Crippen molar-refractivity contribution >= 4 is 34.7 Å². The molecule has 128 valence electrons. The van der Waals surface area contributed by atoms with Crippen molar-refractivity contribution in [2.45, 2.75) is 36.6 Å². The average Bonchev–Trinajstić information content (AvgIpc) is 3.29. The fourth-order valence-corrected chi connectivity index (χ4v) is 5.01. The molecule has 3 nitrogen and oxygen atoms in total. The van der Waals surface area contributed by atoms with Crippen LogP contribution in [-0.4, -0.2) is 9.55 Å². The van der Waals surface area contributed by atoms with Crippen LogP contribution in [0, 0.1) is 0 Å². The van der Waals surface area contributed by atoms with Gasteiger partial charge in [0.2, 0.25) is 0 Å². The zero-order chi connectivity index (χ0) is 17.2. The fourth-order valence-electron chi connectivity index (χ4n) is 3.16. The molecule has 1 aromatic carbocycles. The molecule has 1 aliphatic carbocycles. The van der Waals surface area contributed by atoms with Crippen molar-refractivity contribution < 1.29 is 0 Å². The Labute approximate surface area is 159 Å². The third kappa shape index (κ3) is 3.68. The van der Waals surface area contributed by atoms with E-state index in [0.717, 1.165) is 35.1 Å². The summed E-state index contributed by atoms with van der Waals surface area (Å²) in [4.78, 5) is 18.2. The van der Waals surface area contributed by atoms with Gasteiger partial charge in [0.05, 0.1) is 6.54 Å². The summed E-state index contributed by atoms with van der Waals surface area (Å²) in [7, 11) is 0. The monoisotopic (exact) mass is 388 g/mol. The van der Waals surface area contributed by atoms with Crippen LogP contribution in [0.2, 0.25) is 5.02 Å². The molecule has 0 N–H and O–H groups in total. The number of aromatic nitrogens is 2. The Kier molecular flexibility index (Phi) is 4.97. The molecule has 2 heterocycles. The van der Waals surface area contributed by atoms with Gasteiger partial charge in [-0.1, -0.05) is 29.8 Å². The van der Waals surface area contributed by atoms with Crippen LogP contribution in [0.3, 0.4) is 0 Å². The molecule has 4 rings (SSSR count). The lowest BCUT2D eigenvalue weighted by atomic mass is 10.2. The van der Waals surface area contributed by atoms with Crippen LogP contribution < -0.4 is 5.69 Å². The Balaban J connectivity index is 1.61. The van der Waals surface area contributed by atoms with Crippen molar-refractivity contribution in [2.24, 2.45) is 0 Å². The molecule has 0 fully saturated rings. The normalized spacial score (nSPS) is 13.2. The van der Waals surface area contributed by atoms with Gasteiger partial charge < -0.3 is 0 Å². The Morgan fingerprint density at radius 2 is 2.04 bits per heavy atom. The number of rotatable bonds is 5. The molecule has 1 aliphatic rings. The highest BCUT2D eigenvalue weighted by Crippen LogP contribution is 2.31. The molecule has 0 aliphatic heterocycles. The standard InChI is InChI=1S/C19H17ClN2OS2/c20-14-8-6-13(7-9-14)12-25-18-16-4-1-5-17(16)22(19(23)21-18)11-15-3-2-10-24-15/h2-3,6-10H,1,4-5,11-12H2. The van der Waals surface area contributed by atoms with Crippen molar-refractivity contribution in [1.29, 1.82) is 0 Å². The highest BCUT2D eigenvalue weighted by molar-refractivity contribution is 7.98. The Bertz CT molecular complexity index is 933. The third-order valence-corrected chi connectivity index (χ3v) is 6.59. The van der Waals surface area contributed by atoms with Gasteiger partial charge in [-0.05, 0) is 48.4 Å². The molecule has 0 spiro atoms. The second kappa shape index (κ2) is 7.36. The number of nitrogens with zero attached hydrogens (tertiary/aromatic N) is 2. The summed E-state index contributed by atoms with van der Waals surface area (Å²) in [5, 5.41) is 3.68. The smallest absolute Gasteiger partial charge is 0.291 e. The summed E-state index contributed by atoms with van der Waals surface area (Å²) >= 11 is 9.27. The van der Waals surface area contributed by atoms with Gasteiger partial charge in [0.25, 0.3) is 0 Å². The number of hydrogen-bond acceptors (Lipinski definition) is 4. The second-order valence-electron chi connectivity index (χ2n) is 6.06. The van der Waals surface area contributed by atoms with Gasteiger partial charge in [-0.15, -0.1) is 23.1 Å². The Hall–Kier alpha value is -1.56. The number of hydrogen-bond donors (Lipinski definition) is 0. The van der Waals surface area contributed by atoms with Crippen LogP contribution in [0.25, 0.3) is 0 Å². The van der Waals surface area contributed by atoms with Gasteiger partial charge >= 0.3 is 5.69 Å². The van der Waals surface area contributed by atoms with E-state index in [9.17, 15) is 4.79 Å². The fraction of sp³-hybridized carbons (Fsp3) is 0.263. The topological polar surface area (TPSA) is 34.9 Å². The quantitative estimate of drug-likeness (QED) is 0.465. The number of halogens is 1. The molecule has 0 saturated heterocycles. The van der Waals surface area contributed by atoms with Crippen LogP contribution in [0.1, 0.15) is 28.1 Å². The van der Waals surface area contributed by atoms with Crippen molar-refractivity contribution in [3.8, 4) is 0 Å². The van der Waals surface area contributed by atoms with Gasteiger partial charge in [0.1, 0.15) is 5.03 Å². The number of benzene rings is 1. The molecule has 2 aromatic heterocycles. The first kappa shape index (κ1) is 16.9. The van der Waals surface area contributed by atoms with E-state index < -0.39 is 0 Å². The third-order valence-electron chi connectivity index (χ3n) is 4.38. The summed E-state index contributed by atoms with van der Waals surface area (Å²) in [6.07, 6.45) is 3.07. The van der Waals surface area contributed by atoms with E-state index in [1.54, 1.807) is 23.1 Å². The van der Waals surface area contributed by atoms with E-state index in [0.29, 0.717) is 6.54 Å². The molecule has 3 aromatic rings. The van der Waals surface area contributed by atoms with Crippen LogP contribution >= 0.6 is 34.7 Å².